The predicted octanol–water partition coefficient (Wildman–Crippen LogP) is 4.14. The molecule has 0 saturated heterocycles. The smallest absolute Gasteiger partial charge is 0.0934 e. The molecule has 1 aromatic heterocycles. The molecule has 108 valence electrons. The Morgan fingerprint density at radius 1 is 1.20 bits per heavy atom. The Kier molecular flexibility index (Phi) is 5.75. The Hall–Kier alpha value is -0.710. The normalized spacial score (nSPS) is 12.6. The van der Waals surface area contributed by atoms with Crippen molar-refractivity contribution >= 4 is 27.3 Å². The summed E-state index contributed by atoms with van der Waals surface area (Å²) in [6.07, 6.45) is 2.14. The number of nitrogens with one attached hydrogen (secondary N) is 1. The molecule has 0 saturated carbocycles. The van der Waals surface area contributed by atoms with Crippen LogP contribution in [0.1, 0.15) is 21.1 Å². The molecule has 2 nitrogen and oxygen atoms in total. The third kappa shape index (κ3) is 4.40. The largest absolute Gasteiger partial charge is 0.319 e. The summed E-state index contributed by atoms with van der Waals surface area (Å²) in [7, 11) is 2.02. The van der Waals surface area contributed by atoms with Crippen LogP contribution in [0.3, 0.4) is 0 Å². The standard InChI is InChI=1S/C16H21BrN2S/c1-11-12(2)20-16(19-11)9-14(10-18-3)8-13-4-6-15(17)7-5-13/h4-7,14,18H,8-10H2,1-3H3. The van der Waals surface area contributed by atoms with Gasteiger partial charge in [0.2, 0.25) is 0 Å². The molecule has 0 radical (unpaired) electrons. The van der Waals surface area contributed by atoms with E-state index in [-0.39, 0.29) is 0 Å². The molecule has 0 aliphatic carbocycles. The van der Waals surface area contributed by atoms with E-state index in [1.54, 1.807) is 0 Å². The Bertz CT molecular complexity index is 529. The van der Waals surface area contributed by atoms with Gasteiger partial charge in [0, 0.05) is 15.8 Å². The van der Waals surface area contributed by atoms with Crippen LogP contribution < -0.4 is 5.32 Å². The molecule has 2 rings (SSSR count). The maximum absolute atomic E-state index is 4.67. The van der Waals surface area contributed by atoms with Gasteiger partial charge in [-0.1, -0.05) is 28.1 Å². The van der Waals surface area contributed by atoms with Crippen molar-refractivity contribution in [2.75, 3.05) is 13.6 Å². The van der Waals surface area contributed by atoms with E-state index in [1.165, 1.54) is 21.1 Å². The number of aryl methyl sites for hydroxylation is 2. The van der Waals surface area contributed by atoms with Gasteiger partial charge in [-0.2, -0.15) is 0 Å². The highest BCUT2D eigenvalue weighted by Gasteiger charge is 2.13. The zero-order valence-electron chi connectivity index (χ0n) is 12.2. The lowest BCUT2D eigenvalue weighted by Crippen LogP contribution is -2.22. The molecule has 0 bridgehead atoms. The van der Waals surface area contributed by atoms with Gasteiger partial charge in [-0.25, -0.2) is 4.98 Å². The summed E-state index contributed by atoms with van der Waals surface area (Å²) in [6.45, 7) is 5.27. The van der Waals surface area contributed by atoms with Crippen molar-refractivity contribution in [2.45, 2.75) is 26.7 Å². The van der Waals surface area contributed by atoms with Crippen molar-refractivity contribution in [1.82, 2.24) is 10.3 Å². The highest BCUT2D eigenvalue weighted by Crippen LogP contribution is 2.22. The lowest BCUT2D eigenvalue weighted by atomic mass is 9.96. The van der Waals surface area contributed by atoms with Crippen LogP contribution in [0.4, 0.5) is 0 Å². The number of thiazole rings is 1. The molecule has 1 N–H and O–H groups in total. The minimum atomic E-state index is 0.589. The van der Waals surface area contributed by atoms with Gasteiger partial charge >= 0.3 is 0 Å². The first-order chi connectivity index (χ1) is 9.58. The van der Waals surface area contributed by atoms with Gasteiger partial charge in [0.15, 0.2) is 0 Å². The van der Waals surface area contributed by atoms with Crippen LogP contribution in [-0.4, -0.2) is 18.6 Å². The van der Waals surface area contributed by atoms with Gasteiger partial charge < -0.3 is 5.32 Å². The zero-order valence-corrected chi connectivity index (χ0v) is 14.6. The van der Waals surface area contributed by atoms with Crippen molar-refractivity contribution in [3.05, 3.63) is 49.9 Å². The minimum Gasteiger partial charge on any atom is -0.319 e. The second kappa shape index (κ2) is 7.34. The van der Waals surface area contributed by atoms with Crippen LogP contribution in [0, 0.1) is 19.8 Å². The number of aromatic nitrogens is 1. The van der Waals surface area contributed by atoms with E-state index < -0.39 is 0 Å². The zero-order chi connectivity index (χ0) is 14.5. The van der Waals surface area contributed by atoms with Gasteiger partial charge in [0.1, 0.15) is 0 Å². The summed E-state index contributed by atoms with van der Waals surface area (Å²) in [6, 6.07) is 8.63. The molecule has 20 heavy (non-hydrogen) atoms. The van der Waals surface area contributed by atoms with Crippen LogP contribution in [0.15, 0.2) is 28.7 Å². The number of hydrogen-bond donors (Lipinski definition) is 1. The Morgan fingerprint density at radius 2 is 1.90 bits per heavy atom. The van der Waals surface area contributed by atoms with Crippen molar-refractivity contribution < 1.29 is 0 Å². The summed E-state index contributed by atoms with van der Waals surface area (Å²) in [5.74, 6) is 0.589. The maximum Gasteiger partial charge on any atom is 0.0934 e. The number of halogens is 1. The Morgan fingerprint density at radius 3 is 2.45 bits per heavy atom. The molecule has 4 heteroatoms. The monoisotopic (exact) mass is 352 g/mol. The number of nitrogens with zero attached hydrogens (tertiary/aromatic N) is 1. The third-order valence-corrected chi connectivity index (χ3v) is 5.09. The molecule has 1 atom stereocenters. The molecule has 0 spiro atoms. The highest BCUT2D eigenvalue weighted by molar-refractivity contribution is 9.10. The summed E-state index contributed by atoms with van der Waals surface area (Å²) in [5.41, 5.74) is 2.57. The second-order valence-electron chi connectivity index (χ2n) is 5.21. The fraction of sp³-hybridized carbons (Fsp3) is 0.438. The first-order valence-electron chi connectivity index (χ1n) is 6.90. The summed E-state index contributed by atoms with van der Waals surface area (Å²) in [4.78, 5) is 6.01. The number of rotatable bonds is 6. The highest BCUT2D eigenvalue weighted by atomic mass is 79.9. The molecular weight excluding hydrogens is 332 g/mol. The molecular formula is C16H21BrN2S. The lowest BCUT2D eigenvalue weighted by molar-refractivity contribution is 0.492. The van der Waals surface area contributed by atoms with E-state index in [0.29, 0.717) is 5.92 Å². The van der Waals surface area contributed by atoms with Crippen LogP contribution in [-0.2, 0) is 12.8 Å². The van der Waals surface area contributed by atoms with Gasteiger partial charge in [-0.05, 0) is 57.5 Å². The molecule has 1 unspecified atom stereocenters. The Labute approximate surface area is 133 Å². The minimum absolute atomic E-state index is 0.589. The van der Waals surface area contributed by atoms with Crippen LogP contribution in [0.25, 0.3) is 0 Å². The average molecular weight is 353 g/mol. The van der Waals surface area contributed by atoms with Crippen LogP contribution in [0.5, 0.6) is 0 Å². The first kappa shape index (κ1) is 15.7. The predicted molar refractivity (Wildman–Crippen MR) is 90.6 cm³/mol. The van der Waals surface area contributed by atoms with Gasteiger partial charge in [-0.3, -0.25) is 0 Å². The maximum atomic E-state index is 4.67. The molecule has 2 aromatic rings. The van der Waals surface area contributed by atoms with E-state index in [0.717, 1.165) is 23.9 Å². The number of benzene rings is 1. The first-order valence-corrected chi connectivity index (χ1v) is 8.51. The number of hydrogen-bond acceptors (Lipinski definition) is 3. The van der Waals surface area contributed by atoms with E-state index in [4.69, 9.17) is 0 Å². The molecule has 0 aliphatic heterocycles. The Balaban J connectivity index is 2.04. The van der Waals surface area contributed by atoms with Crippen molar-refractivity contribution in [1.29, 1.82) is 0 Å². The van der Waals surface area contributed by atoms with Gasteiger partial charge in [-0.15, -0.1) is 11.3 Å². The van der Waals surface area contributed by atoms with Gasteiger partial charge in [0.25, 0.3) is 0 Å². The van der Waals surface area contributed by atoms with Crippen LogP contribution in [0.2, 0.25) is 0 Å². The van der Waals surface area contributed by atoms with E-state index in [9.17, 15) is 0 Å². The van der Waals surface area contributed by atoms with E-state index in [2.05, 4.69) is 64.3 Å². The summed E-state index contributed by atoms with van der Waals surface area (Å²) < 4.78 is 1.14. The molecule has 0 fully saturated rings. The molecule has 1 aromatic carbocycles. The third-order valence-electron chi connectivity index (χ3n) is 3.47. The average Bonchev–Trinajstić information content (AvgIpc) is 2.71. The topological polar surface area (TPSA) is 24.9 Å². The van der Waals surface area contributed by atoms with Gasteiger partial charge in [0.05, 0.1) is 10.7 Å². The van der Waals surface area contributed by atoms with Crippen molar-refractivity contribution in [3.8, 4) is 0 Å². The van der Waals surface area contributed by atoms with E-state index >= 15 is 0 Å². The fourth-order valence-corrected chi connectivity index (χ4v) is 3.65. The van der Waals surface area contributed by atoms with Crippen LogP contribution >= 0.6 is 27.3 Å². The van der Waals surface area contributed by atoms with E-state index in [1.807, 2.05) is 18.4 Å². The van der Waals surface area contributed by atoms with Crippen molar-refractivity contribution in [2.24, 2.45) is 5.92 Å². The quantitative estimate of drug-likeness (QED) is 0.844. The molecule has 1 heterocycles. The lowest BCUT2D eigenvalue weighted by Gasteiger charge is -2.15. The fourth-order valence-electron chi connectivity index (χ4n) is 2.33. The SMILES string of the molecule is CNCC(Cc1ccc(Br)cc1)Cc1nc(C)c(C)s1. The molecule has 0 aliphatic rings. The van der Waals surface area contributed by atoms with Crippen molar-refractivity contribution in [3.63, 3.8) is 0 Å². The molecule has 0 amide bonds. The summed E-state index contributed by atoms with van der Waals surface area (Å²) >= 11 is 5.32. The second-order valence-corrected chi connectivity index (χ2v) is 7.41. The summed E-state index contributed by atoms with van der Waals surface area (Å²) in [5, 5.41) is 4.57.